The van der Waals surface area contributed by atoms with E-state index >= 15 is 0 Å². The van der Waals surface area contributed by atoms with E-state index in [0.717, 1.165) is 4.99 Å². The van der Waals surface area contributed by atoms with E-state index in [1.807, 2.05) is 11.8 Å². The molecule has 0 bridgehead atoms. The van der Waals surface area contributed by atoms with E-state index in [9.17, 15) is 0 Å². The minimum Gasteiger partial charge on any atom is -0.155 e. The summed E-state index contributed by atoms with van der Waals surface area (Å²) >= 11 is 1.99. The summed E-state index contributed by atoms with van der Waals surface area (Å²) in [6.45, 7) is 4.41. The largest absolute Gasteiger partial charge is 0.155 e. The molecule has 0 saturated carbocycles. The van der Waals surface area contributed by atoms with Gasteiger partial charge in [0, 0.05) is 4.99 Å². The minimum atomic E-state index is 0.736. The summed E-state index contributed by atoms with van der Waals surface area (Å²) < 4.78 is 0. The molecule has 0 N–H and O–H groups in total. The second-order valence-corrected chi connectivity index (χ2v) is 4.54. The zero-order chi connectivity index (χ0) is 5.70. The first-order chi connectivity index (χ1) is 3.27. The van der Waals surface area contributed by atoms with Crippen molar-refractivity contribution in [1.82, 2.24) is 0 Å². The molecule has 2 unspecified atom stereocenters. The molecule has 0 amide bonds. The Morgan fingerprint density at radius 2 is 2.29 bits per heavy atom. The van der Waals surface area contributed by atoms with Crippen LogP contribution in [0.2, 0.25) is 0 Å². The lowest BCUT2D eigenvalue weighted by atomic mass is 10.6. The Labute approximate surface area is 52.7 Å². The summed E-state index contributed by atoms with van der Waals surface area (Å²) in [4.78, 5) is 0.736. The SMILES string of the molecule is CCCSC(C)P. The molecule has 0 fully saturated rings. The van der Waals surface area contributed by atoms with Crippen LogP contribution in [0.5, 0.6) is 0 Å². The summed E-state index contributed by atoms with van der Waals surface area (Å²) in [6.07, 6.45) is 1.30. The van der Waals surface area contributed by atoms with Crippen LogP contribution in [0.25, 0.3) is 0 Å². The molecular weight excluding hydrogens is 123 g/mol. The molecule has 0 aliphatic rings. The maximum Gasteiger partial charge on any atom is 0.0162 e. The number of rotatable bonds is 3. The van der Waals surface area contributed by atoms with Crippen molar-refractivity contribution in [1.29, 1.82) is 0 Å². The second kappa shape index (κ2) is 4.93. The van der Waals surface area contributed by atoms with Gasteiger partial charge >= 0.3 is 0 Å². The van der Waals surface area contributed by atoms with Gasteiger partial charge in [-0.2, -0.15) is 11.8 Å². The zero-order valence-electron chi connectivity index (χ0n) is 4.98. The monoisotopic (exact) mass is 136 g/mol. The average Bonchev–Trinajstić information content (AvgIpc) is 1.61. The quantitative estimate of drug-likeness (QED) is 0.537. The standard InChI is InChI=1S/C5H13PS/c1-3-4-7-5(2)6/h5H,3-4,6H2,1-2H3. The van der Waals surface area contributed by atoms with Crippen molar-refractivity contribution in [3.63, 3.8) is 0 Å². The van der Waals surface area contributed by atoms with Crippen molar-refractivity contribution in [2.45, 2.75) is 25.3 Å². The molecule has 2 atom stereocenters. The van der Waals surface area contributed by atoms with Gasteiger partial charge in [0.15, 0.2) is 0 Å². The Hall–Kier alpha value is 0.780. The van der Waals surface area contributed by atoms with Crippen LogP contribution in [-0.4, -0.2) is 10.7 Å². The smallest absolute Gasteiger partial charge is 0.0162 e. The fourth-order valence-corrected chi connectivity index (χ4v) is 1.32. The lowest BCUT2D eigenvalue weighted by Crippen LogP contribution is -1.81. The van der Waals surface area contributed by atoms with Crippen LogP contribution in [-0.2, 0) is 0 Å². The zero-order valence-corrected chi connectivity index (χ0v) is 6.95. The molecule has 0 radical (unpaired) electrons. The number of thioether (sulfide) groups is 1. The van der Waals surface area contributed by atoms with Gasteiger partial charge in [-0.25, -0.2) is 0 Å². The Balaban J connectivity index is 2.68. The van der Waals surface area contributed by atoms with Crippen LogP contribution in [0.1, 0.15) is 20.3 Å². The van der Waals surface area contributed by atoms with Gasteiger partial charge in [-0.3, -0.25) is 0 Å². The molecule has 0 aromatic rings. The van der Waals surface area contributed by atoms with Gasteiger partial charge in [-0.15, -0.1) is 9.24 Å². The fraction of sp³-hybridized carbons (Fsp3) is 1.00. The summed E-state index contributed by atoms with van der Waals surface area (Å²) in [7, 11) is 2.77. The lowest BCUT2D eigenvalue weighted by molar-refractivity contribution is 1.10. The molecule has 7 heavy (non-hydrogen) atoms. The lowest BCUT2D eigenvalue weighted by Gasteiger charge is -1.99. The molecule has 0 aromatic heterocycles. The van der Waals surface area contributed by atoms with Gasteiger partial charge in [0.05, 0.1) is 0 Å². The topological polar surface area (TPSA) is 0 Å². The normalized spacial score (nSPS) is 14.1. The van der Waals surface area contributed by atoms with Crippen molar-refractivity contribution >= 4 is 21.0 Å². The molecule has 0 spiro atoms. The first kappa shape index (κ1) is 7.78. The highest BCUT2D eigenvalue weighted by Crippen LogP contribution is 2.16. The van der Waals surface area contributed by atoms with Crippen LogP contribution in [0.4, 0.5) is 0 Å². The van der Waals surface area contributed by atoms with E-state index in [1.165, 1.54) is 12.2 Å². The highest BCUT2D eigenvalue weighted by molar-refractivity contribution is 8.03. The van der Waals surface area contributed by atoms with Crippen molar-refractivity contribution in [2.75, 3.05) is 5.75 Å². The average molecular weight is 136 g/mol. The minimum absolute atomic E-state index is 0.736. The molecule has 0 aromatic carbocycles. The maximum atomic E-state index is 2.77. The molecule has 0 aliphatic carbocycles. The third-order valence-electron chi connectivity index (χ3n) is 0.585. The van der Waals surface area contributed by atoms with Gasteiger partial charge in [-0.1, -0.05) is 6.92 Å². The van der Waals surface area contributed by atoms with Gasteiger partial charge in [0.2, 0.25) is 0 Å². The number of hydrogen-bond donors (Lipinski definition) is 0. The van der Waals surface area contributed by atoms with Crippen LogP contribution < -0.4 is 0 Å². The molecule has 0 nitrogen and oxygen atoms in total. The highest BCUT2D eigenvalue weighted by Gasteiger charge is 1.88. The first-order valence-corrected chi connectivity index (χ1v) is 4.36. The van der Waals surface area contributed by atoms with E-state index in [-0.39, 0.29) is 0 Å². The Bertz CT molecular complexity index is 37.1. The van der Waals surface area contributed by atoms with E-state index in [2.05, 4.69) is 23.1 Å². The van der Waals surface area contributed by atoms with Crippen LogP contribution in [0.3, 0.4) is 0 Å². The molecule has 0 heterocycles. The Morgan fingerprint density at radius 1 is 1.71 bits per heavy atom. The third kappa shape index (κ3) is 6.78. The van der Waals surface area contributed by atoms with E-state index < -0.39 is 0 Å². The van der Waals surface area contributed by atoms with Crippen LogP contribution in [0.15, 0.2) is 0 Å². The van der Waals surface area contributed by atoms with Gasteiger partial charge < -0.3 is 0 Å². The summed E-state index contributed by atoms with van der Waals surface area (Å²) in [5, 5.41) is 0. The summed E-state index contributed by atoms with van der Waals surface area (Å²) in [5.74, 6) is 1.30. The predicted molar refractivity (Wildman–Crippen MR) is 41.9 cm³/mol. The maximum absolute atomic E-state index is 2.77. The van der Waals surface area contributed by atoms with E-state index in [1.54, 1.807) is 0 Å². The van der Waals surface area contributed by atoms with Gasteiger partial charge in [0.1, 0.15) is 0 Å². The fourth-order valence-electron chi connectivity index (χ4n) is 0.304. The second-order valence-electron chi connectivity index (χ2n) is 1.58. The van der Waals surface area contributed by atoms with Crippen molar-refractivity contribution in [3.05, 3.63) is 0 Å². The van der Waals surface area contributed by atoms with E-state index in [4.69, 9.17) is 0 Å². The molecule has 44 valence electrons. The van der Waals surface area contributed by atoms with Crippen molar-refractivity contribution in [3.8, 4) is 0 Å². The Kier molecular flexibility index (Phi) is 5.48. The highest BCUT2D eigenvalue weighted by atomic mass is 32.2. The molecular formula is C5H13PS. The third-order valence-corrected chi connectivity index (χ3v) is 2.33. The molecule has 0 aliphatic heterocycles. The summed E-state index contributed by atoms with van der Waals surface area (Å²) in [6, 6.07) is 0. The molecule has 0 saturated heterocycles. The van der Waals surface area contributed by atoms with E-state index in [0.29, 0.717) is 0 Å². The van der Waals surface area contributed by atoms with Crippen LogP contribution in [0, 0.1) is 0 Å². The Morgan fingerprint density at radius 3 is 2.43 bits per heavy atom. The predicted octanol–water partition coefficient (Wildman–Crippen LogP) is 2.35. The molecule has 2 heteroatoms. The van der Waals surface area contributed by atoms with Gasteiger partial charge in [-0.05, 0) is 19.1 Å². The van der Waals surface area contributed by atoms with Crippen molar-refractivity contribution < 1.29 is 0 Å². The number of hydrogen-bond acceptors (Lipinski definition) is 1. The molecule has 0 rings (SSSR count). The van der Waals surface area contributed by atoms with Crippen LogP contribution >= 0.6 is 21.0 Å². The van der Waals surface area contributed by atoms with Crippen molar-refractivity contribution in [2.24, 2.45) is 0 Å². The summed E-state index contributed by atoms with van der Waals surface area (Å²) in [5.41, 5.74) is 0. The van der Waals surface area contributed by atoms with Gasteiger partial charge in [0.25, 0.3) is 0 Å². The first-order valence-electron chi connectivity index (χ1n) is 2.64.